The average molecular weight is 306 g/mol. The molecule has 2 nitrogen and oxygen atoms in total. The fourth-order valence-electron chi connectivity index (χ4n) is 2.54. The van der Waals surface area contributed by atoms with Gasteiger partial charge in [0.25, 0.3) is 0 Å². The maximum atomic E-state index is 12.1. The van der Waals surface area contributed by atoms with Gasteiger partial charge in [-0.3, -0.25) is 9.69 Å². The van der Waals surface area contributed by atoms with Crippen molar-refractivity contribution in [2.45, 2.75) is 19.4 Å². The summed E-state index contributed by atoms with van der Waals surface area (Å²) in [6.45, 7) is 2.87. The summed E-state index contributed by atoms with van der Waals surface area (Å²) in [4.78, 5) is 16.0. The highest BCUT2D eigenvalue weighted by molar-refractivity contribution is 7.10. The molecule has 0 N–H and O–H groups in total. The summed E-state index contributed by atoms with van der Waals surface area (Å²) in [6, 6.07) is 9.35. The zero-order valence-corrected chi connectivity index (χ0v) is 12.7. The van der Waals surface area contributed by atoms with Crippen LogP contribution in [0.4, 0.5) is 0 Å². The van der Waals surface area contributed by atoms with Crippen LogP contribution in [0.2, 0.25) is 5.02 Å². The lowest BCUT2D eigenvalue weighted by molar-refractivity contribution is 0.0961. The van der Waals surface area contributed by atoms with Crippen molar-refractivity contribution < 1.29 is 4.79 Å². The van der Waals surface area contributed by atoms with Gasteiger partial charge in [-0.1, -0.05) is 11.6 Å². The fraction of sp³-hybridized carbons (Fsp3) is 0.312. The molecule has 104 valence electrons. The van der Waals surface area contributed by atoms with E-state index < -0.39 is 0 Å². The summed E-state index contributed by atoms with van der Waals surface area (Å²) in [5, 5.41) is 2.83. The topological polar surface area (TPSA) is 20.3 Å². The van der Waals surface area contributed by atoms with E-state index in [0.717, 1.165) is 31.6 Å². The third kappa shape index (κ3) is 3.11. The van der Waals surface area contributed by atoms with Gasteiger partial charge in [-0.05, 0) is 47.7 Å². The maximum absolute atomic E-state index is 12.1. The minimum absolute atomic E-state index is 0.192. The van der Waals surface area contributed by atoms with Gasteiger partial charge in [0, 0.05) is 41.5 Å². The highest BCUT2D eigenvalue weighted by atomic mass is 35.5. The Balaban J connectivity index is 1.55. The number of hydrogen-bond donors (Lipinski definition) is 0. The summed E-state index contributed by atoms with van der Waals surface area (Å²) in [7, 11) is 0. The summed E-state index contributed by atoms with van der Waals surface area (Å²) in [5.41, 5.74) is 2.18. The van der Waals surface area contributed by atoms with Crippen molar-refractivity contribution in [3.8, 4) is 0 Å². The zero-order valence-electron chi connectivity index (χ0n) is 11.1. The van der Waals surface area contributed by atoms with E-state index in [1.54, 1.807) is 24.3 Å². The van der Waals surface area contributed by atoms with E-state index >= 15 is 0 Å². The predicted molar refractivity (Wildman–Crippen MR) is 83.7 cm³/mol. The van der Waals surface area contributed by atoms with Crippen LogP contribution in [-0.4, -0.2) is 23.8 Å². The van der Waals surface area contributed by atoms with Crippen molar-refractivity contribution in [2.24, 2.45) is 0 Å². The minimum atomic E-state index is 0.192. The van der Waals surface area contributed by atoms with E-state index in [-0.39, 0.29) is 5.78 Å². The monoisotopic (exact) mass is 305 g/mol. The normalized spacial score (nSPS) is 15.1. The molecule has 2 heterocycles. The van der Waals surface area contributed by atoms with Crippen LogP contribution in [0.1, 0.15) is 27.2 Å². The van der Waals surface area contributed by atoms with Gasteiger partial charge in [0.1, 0.15) is 0 Å². The molecule has 0 fully saturated rings. The van der Waals surface area contributed by atoms with Gasteiger partial charge in [-0.2, -0.15) is 0 Å². The largest absolute Gasteiger partial charge is 0.298 e. The molecule has 0 amide bonds. The third-order valence-electron chi connectivity index (χ3n) is 3.71. The number of fused-ring (bicyclic) bond motifs is 1. The molecule has 0 spiro atoms. The number of thiophene rings is 1. The van der Waals surface area contributed by atoms with Crippen LogP contribution in [0.5, 0.6) is 0 Å². The first-order valence-corrected chi connectivity index (χ1v) is 8.04. The van der Waals surface area contributed by atoms with Gasteiger partial charge in [-0.25, -0.2) is 0 Å². The number of Topliss-reactive ketones (excluding diaryl/α,β-unsaturated/α-hetero) is 1. The maximum Gasteiger partial charge on any atom is 0.164 e. The Labute approximate surface area is 128 Å². The molecule has 1 aliphatic rings. The average Bonchev–Trinajstić information content (AvgIpc) is 2.93. The Morgan fingerprint density at radius 2 is 2.05 bits per heavy atom. The van der Waals surface area contributed by atoms with Crippen molar-refractivity contribution in [1.82, 2.24) is 4.90 Å². The van der Waals surface area contributed by atoms with Gasteiger partial charge in [-0.15, -0.1) is 11.3 Å². The smallest absolute Gasteiger partial charge is 0.164 e. The predicted octanol–water partition coefficient (Wildman–Crippen LogP) is 4.03. The number of carbonyl (C=O) groups excluding carboxylic acids is 1. The molecule has 0 unspecified atom stereocenters. The van der Waals surface area contributed by atoms with Crippen molar-refractivity contribution in [2.75, 3.05) is 13.1 Å². The number of hydrogen-bond acceptors (Lipinski definition) is 3. The van der Waals surface area contributed by atoms with Crippen LogP contribution < -0.4 is 0 Å². The first-order valence-electron chi connectivity index (χ1n) is 6.79. The first kappa shape index (κ1) is 13.8. The molecule has 0 bridgehead atoms. The fourth-order valence-corrected chi connectivity index (χ4v) is 3.55. The number of benzene rings is 1. The van der Waals surface area contributed by atoms with E-state index in [9.17, 15) is 4.79 Å². The molecule has 3 rings (SSSR count). The Hall–Kier alpha value is -1.16. The van der Waals surface area contributed by atoms with Gasteiger partial charge in [0.05, 0.1) is 0 Å². The summed E-state index contributed by atoms with van der Waals surface area (Å²) in [6.07, 6.45) is 1.68. The Bertz CT molecular complexity index is 605. The lowest BCUT2D eigenvalue weighted by Crippen LogP contribution is -2.31. The minimum Gasteiger partial charge on any atom is -0.298 e. The molecule has 0 aliphatic carbocycles. The molecule has 0 saturated heterocycles. The Morgan fingerprint density at radius 1 is 1.25 bits per heavy atom. The van der Waals surface area contributed by atoms with E-state index in [1.165, 1.54) is 10.4 Å². The molecule has 0 atom stereocenters. The number of rotatable bonds is 4. The van der Waals surface area contributed by atoms with Gasteiger partial charge >= 0.3 is 0 Å². The molecule has 0 saturated carbocycles. The standard InChI is InChI=1S/C16H16ClNOS/c17-14-3-1-12(2-4-14)15(19)5-8-18-9-6-16-13(11-18)7-10-20-16/h1-4,7,10H,5-6,8-9,11H2. The van der Waals surface area contributed by atoms with Crippen molar-refractivity contribution in [1.29, 1.82) is 0 Å². The van der Waals surface area contributed by atoms with Gasteiger partial charge < -0.3 is 0 Å². The second-order valence-corrected chi connectivity index (χ2v) is 6.51. The molecule has 1 aromatic heterocycles. The molecule has 1 aliphatic heterocycles. The Morgan fingerprint density at radius 3 is 2.85 bits per heavy atom. The summed E-state index contributed by atoms with van der Waals surface area (Å²) in [5.74, 6) is 0.192. The second kappa shape index (κ2) is 6.08. The van der Waals surface area contributed by atoms with Crippen LogP contribution in [0.3, 0.4) is 0 Å². The number of halogens is 1. The van der Waals surface area contributed by atoms with Crippen LogP contribution in [0.15, 0.2) is 35.7 Å². The van der Waals surface area contributed by atoms with Gasteiger partial charge in [0.15, 0.2) is 5.78 Å². The van der Waals surface area contributed by atoms with E-state index in [2.05, 4.69) is 16.3 Å². The molecule has 1 aromatic carbocycles. The van der Waals surface area contributed by atoms with Crippen molar-refractivity contribution in [3.05, 3.63) is 56.7 Å². The summed E-state index contributed by atoms with van der Waals surface area (Å²) < 4.78 is 0. The van der Waals surface area contributed by atoms with Gasteiger partial charge in [0.2, 0.25) is 0 Å². The lowest BCUT2D eigenvalue weighted by atomic mass is 10.1. The van der Waals surface area contributed by atoms with E-state index in [1.807, 2.05) is 11.3 Å². The number of nitrogens with zero attached hydrogens (tertiary/aromatic N) is 1. The summed E-state index contributed by atoms with van der Waals surface area (Å²) >= 11 is 7.68. The molecular weight excluding hydrogens is 290 g/mol. The number of carbonyl (C=O) groups is 1. The van der Waals surface area contributed by atoms with Crippen LogP contribution in [0, 0.1) is 0 Å². The quantitative estimate of drug-likeness (QED) is 0.795. The van der Waals surface area contributed by atoms with Crippen LogP contribution >= 0.6 is 22.9 Å². The zero-order chi connectivity index (χ0) is 13.9. The molecule has 0 radical (unpaired) electrons. The van der Waals surface area contributed by atoms with Crippen LogP contribution in [0.25, 0.3) is 0 Å². The lowest BCUT2D eigenvalue weighted by Gasteiger charge is -2.26. The highest BCUT2D eigenvalue weighted by Crippen LogP contribution is 2.24. The van der Waals surface area contributed by atoms with Crippen molar-refractivity contribution >= 4 is 28.7 Å². The molecule has 20 heavy (non-hydrogen) atoms. The van der Waals surface area contributed by atoms with E-state index in [0.29, 0.717) is 11.4 Å². The molecule has 4 heteroatoms. The van der Waals surface area contributed by atoms with Crippen molar-refractivity contribution in [3.63, 3.8) is 0 Å². The van der Waals surface area contributed by atoms with Crippen LogP contribution in [-0.2, 0) is 13.0 Å². The molecule has 2 aromatic rings. The molecular formula is C16H16ClNOS. The first-order chi connectivity index (χ1) is 9.72. The third-order valence-corrected chi connectivity index (χ3v) is 4.98. The number of ketones is 1. The highest BCUT2D eigenvalue weighted by Gasteiger charge is 2.17. The Kier molecular flexibility index (Phi) is 4.20. The van der Waals surface area contributed by atoms with E-state index in [4.69, 9.17) is 11.6 Å². The second-order valence-electron chi connectivity index (χ2n) is 5.08. The SMILES string of the molecule is O=C(CCN1CCc2sccc2C1)c1ccc(Cl)cc1.